The van der Waals surface area contributed by atoms with Gasteiger partial charge in [-0.15, -0.1) is 6.58 Å². The molecule has 2 amide bonds. The van der Waals surface area contributed by atoms with Crippen LogP contribution >= 0.6 is 0 Å². The second kappa shape index (κ2) is 3.53. The van der Waals surface area contributed by atoms with E-state index in [0.29, 0.717) is 0 Å². The number of hydrogen-bond acceptors (Lipinski definition) is 3. The topological polar surface area (TPSA) is 40.6 Å². The van der Waals surface area contributed by atoms with Crippen LogP contribution in [-0.2, 0) is 9.59 Å². The van der Waals surface area contributed by atoms with Gasteiger partial charge >= 0.3 is 0 Å². The molecule has 14 heavy (non-hydrogen) atoms. The summed E-state index contributed by atoms with van der Waals surface area (Å²) in [5.41, 5.74) is -0.313. The summed E-state index contributed by atoms with van der Waals surface area (Å²) in [5, 5.41) is 0. The molecule has 0 atom stereocenters. The predicted molar refractivity (Wildman–Crippen MR) is 53.6 cm³/mol. The normalized spacial score (nSPS) is 20.1. The van der Waals surface area contributed by atoms with Crippen molar-refractivity contribution < 1.29 is 9.59 Å². The van der Waals surface area contributed by atoms with Crippen LogP contribution in [0.5, 0.6) is 0 Å². The minimum Gasteiger partial charge on any atom is -0.284 e. The molecule has 4 heteroatoms. The molecule has 1 rings (SSSR count). The van der Waals surface area contributed by atoms with Crippen LogP contribution in [0.2, 0.25) is 0 Å². The molecule has 1 heterocycles. The second-order valence-corrected chi connectivity index (χ2v) is 4.06. The van der Waals surface area contributed by atoms with Crippen LogP contribution in [0.25, 0.3) is 0 Å². The van der Waals surface area contributed by atoms with E-state index in [0.717, 1.165) is 0 Å². The molecule has 0 aromatic rings. The molecule has 4 nitrogen and oxygen atoms in total. The van der Waals surface area contributed by atoms with E-state index >= 15 is 0 Å². The third-order valence-corrected chi connectivity index (χ3v) is 2.72. The Balaban J connectivity index is 2.82. The van der Waals surface area contributed by atoms with Crippen molar-refractivity contribution in [2.75, 3.05) is 20.1 Å². The average molecular weight is 196 g/mol. The highest BCUT2D eigenvalue weighted by atomic mass is 16.2. The number of piperazine rings is 1. The van der Waals surface area contributed by atoms with Crippen molar-refractivity contribution in [2.24, 2.45) is 0 Å². The smallest absolute Gasteiger partial charge is 0.243 e. The summed E-state index contributed by atoms with van der Waals surface area (Å²) in [4.78, 5) is 25.8. The molecule has 0 radical (unpaired) electrons. The minimum absolute atomic E-state index is 0.156. The zero-order chi connectivity index (χ0) is 10.9. The van der Waals surface area contributed by atoms with Crippen molar-refractivity contribution in [3.8, 4) is 0 Å². The average Bonchev–Trinajstić information content (AvgIpc) is 2.13. The van der Waals surface area contributed by atoms with Crippen LogP contribution in [0.4, 0.5) is 0 Å². The van der Waals surface area contributed by atoms with E-state index in [9.17, 15) is 9.59 Å². The molecule has 1 aliphatic heterocycles. The molecule has 0 unspecified atom stereocenters. The van der Waals surface area contributed by atoms with Gasteiger partial charge in [-0.1, -0.05) is 6.08 Å². The van der Waals surface area contributed by atoms with Crippen LogP contribution in [0.15, 0.2) is 12.7 Å². The fourth-order valence-electron chi connectivity index (χ4n) is 1.27. The first-order valence-electron chi connectivity index (χ1n) is 4.56. The van der Waals surface area contributed by atoms with Crippen molar-refractivity contribution in [1.29, 1.82) is 0 Å². The number of likely N-dealkylation sites (N-methyl/N-ethyl adjacent to an activating group) is 1. The van der Waals surface area contributed by atoms with Crippen LogP contribution in [0.1, 0.15) is 13.8 Å². The number of imide groups is 1. The molecule has 0 N–H and O–H groups in total. The summed E-state index contributed by atoms with van der Waals surface area (Å²) in [5.74, 6) is -0.313. The largest absolute Gasteiger partial charge is 0.284 e. The van der Waals surface area contributed by atoms with Crippen molar-refractivity contribution in [3.63, 3.8) is 0 Å². The molecule has 0 aromatic heterocycles. The van der Waals surface area contributed by atoms with Crippen molar-refractivity contribution in [1.82, 2.24) is 9.80 Å². The zero-order valence-electron chi connectivity index (χ0n) is 8.91. The van der Waals surface area contributed by atoms with Gasteiger partial charge < -0.3 is 0 Å². The van der Waals surface area contributed by atoms with Gasteiger partial charge in [0, 0.05) is 12.6 Å². The Labute approximate surface area is 84.2 Å². The van der Waals surface area contributed by atoms with Crippen molar-refractivity contribution in [3.05, 3.63) is 12.7 Å². The Hall–Kier alpha value is -1.16. The van der Waals surface area contributed by atoms with Crippen LogP contribution in [-0.4, -0.2) is 47.3 Å². The molecule has 78 valence electrons. The van der Waals surface area contributed by atoms with Gasteiger partial charge in [0.25, 0.3) is 0 Å². The summed E-state index contributed by atoms with van der Waals surface area (Å²) in [7, 11) is 1.52. The fraction of sp³-hybridized carbons (Fsp3) is 0.600. The minimum atomic E-state index is -0.313. The Morgan fingerprint density at radius 2 is 1.71 bits per heavy atom. The number of carbonyl (C=O) groups excluding carboxylic acids is 2. The third-order valence-electron chi connectivity index (χ3n) is 2.72. The summed E-state index contributed by atoms with van der Waals surface area (Å²) < 4.78 is 0. The number of hydrogen-bond donors (Lipinski definition) is 0. The molecule has 1 saturated heterocycles. The second-order valence-electron chi connectivity index (χ2n) is 4.06. The predicted octanol–water partition coefficient (Wildman–Crippen LogP) is 0.252. The Bertz CT molecular complexity index is 266. The third kappa shape index (κ3) is 1.85. The van der Waals surface area contributed by atoms with E-state index in [2.05, 4.69) is 6.58 Å². The zero-order valence-corrected chi connectivity index (χ0v) is 8.91. The highest BCUT2D eigenvalue weighted by Crippen LogP contribution is 2.18. The van der Waals surface area contributed by atoms with Gasteiger partial charge in [-0.25, -0.2) is 0 Å². The first kappa shape index (κ1) is 10.9. The van der Waals surface area contributed by atoms with Gasteiger partial charge in [-0.05, 0) is 13.8 Å². The molecule has 0 aliphatic carbocycles. The van der Waals surface area contributed by atoms with Crippen molar-refractivity contribution >= 4 is 11.8 Å². The van der Waals surface area contributed by atoms with E-state index in [1.807, 2.05) is 18.7 Å². The van der Waals surface area contributed by atoms with Gasteiger partial charge in [-0.2, -0.15) is 0 Å². The summed E-state index contributed by atoms with van der Waals surface area (Å²) in [6, 6.07) is 0. The van der Waals surface area contributed by atoms with E-state index < -0.39 is 0 Å². The molecule has 0 saturated carbocycles. The molecule has 0 spiro atoms. The maximum absolute atomic E-state index is 11.4. The number of amides is 2. The fourth-order valence-corrected chi connectivity index (χ4v) is 1.27. The highest BCUT2D eigenvalue weighted by Gasteiger charge is 2.34. The van der Waals surface area contributed by atoms with Gasteiger partial charge in [0.15, 0.2) is 0 Å². The molecule has 0 bridgehead atoms. The van der Waals surface area contributed by atoms with Crippen LogP contribution in [0.3, 0.4) is 0 Å². The van der Waals surface area contributed by atoms with Gasteiger partial charge in [0.1, 0.15) is 0 Å². The lowest BCUT2D eigenvalue weighted by Crippen LogP contribution is -2.58. The van der Waals surface area contributed by atoms with Gasteiger partial charge in [-0.3, -0.25) is 19.4 Å². The molecule has 1 aliphatic rings. The summed E-state index contributed by atoms with van der Waals surface area (Å²) >= 11 is 0. The van der Waals surface area contributed by atoms with E-state index in [4.69, 9.17) is 0 Å². The van der Waals surface area contributed by atoms with Crippen LogP contribution < -0.4 is 0 Å². The molecule has 0 aromatic carbocycles. The van der Waals surface area contributed by atoms with E-state index in [1.54, 1.807) is 6.08 Å². The van der Waals surface area contributed by atoms with Gasteiger partial charge in [0.05, 0.1) is 13.1 Å². The lowest BCUT2D eigenvalue weighted by Gasteiger charge is -2.39. The maximum Gasteiger partial charge on any atom is 0.243 e. The maximum atomic E-state index is 11.4. The lowest BCUT2D eigenvalue weighted by atomic mass is 10.0. The standard InChI is InChI=1S/C10H16N2O2/c1-5-10(2,3)12-6-8(13)11(4)9(14)7-12/h5H,1,6-7H2,2-4H3. The summed E-state index contributed by atoms with van der Waals surface area (Å²) in [6.45, 7) is 8.13. The first-order valence-corrected chi connectivity index (χ1v) is 4.56. The Kier molecular flexibility index (Phi) is 2.76. The number of rotatable bonds is 2. The number of nitrogens with zero attached hydrogens (tertiary/aromatic N) is 2. The SMILES string of the molecule is C=CC(C)(C)N1CC(=O)N(C)C(=O)C1. The first-order chi connectivity index (χ1) is 6.38. The van der Waals surface area contributed by atoms with Crippen LogP contribution in [0, 0.1) is 0 Å². The monoisotopic (exact) mass is 196 g/mol. The molecule has 1 fully saturated rings. The van der Waals surface area contributed by atoms with E-state index in [1.165, 1.54) is 11.9 Å². The Morgan fingerprint density at radius 1 is 1.29 bits per heavy atom. The van der Waals surface area contributed by atoms with Gasteiger partial charge in [0.2, 0.25) is 11.8 Å². The highest BCUT2D eigenvalue weighted by molar-refractivity contribution is 5.99. The lowest BCUT2D eigenvalue weighted by molar-refractivity contribution is -0.151. The number of carbonyl (C=O) groups is 2. The quantitative estimate of drug-likeness (QED) is 0.469. The Morgan fingerprint density at radius 3 is 2.07 bits per heavy atom. The molecular formula is C10H16N2O2. The van der Waals surface area contributed by atoms with Crippen molar-refractivity contribution in [2.45, 2.75) is 19.4 Å². The summed E-state index contributed by atoms with van der Waals surface area (Å²) in [6.07, 6.45) is 1.75. The molecular weight excluding hydrogens is 180 g/mol. The van der Waals surface area contributed by atoms with E-state index in [-0.39, 0.29) is 30.4 Å².